The molecule has 34 heavy (non-hydrogen) atoms. The summed E-state index contributed by atoms with van der Waals surface area (Å²) < 4.78 is 37.1. The number of likely N-dealkylation sites (tertiary alicyclic amines) is 1. The third-order valence-corrected chi connectivity index (χ3v) is 7.47. The van der Waals surface area contributed by atoms with E-state index in [1.807, 2.05) is 0 Å². The maximum atomic E-state index is 12.4. The molecule has 2 fully saturated rings. The molecule has 2 atom stereocenters. The lowest BCUT2D eigenvalue weighted by Crippen LogP contribution is -2.38. The first-order valence-electron chi connectivity index (χ1n) is 12.8. The lowest BCUT2D eigenvalue weighted by molar-refractivity contribution is -0.147. The second-order valence-electron chi connectivity index (χ2n) is 11.1. The summed E-state index contributed by atoms with van der Waals surface area (Å²) in [6, 6.07) is 15.3. The highest BCUT2D eigenvalue weighted by Crippen LogP contribution is 2.45. The highest BCUT2D eigenvalue weighted by molar-refractivity contribution is 5.35. The van der Waals surface area contributed by atoms with E-state index in [1.165, 1.54) is 46.7 Å². The van der Waals surface area contributed by atoms with Crippen molar-refractivity contribution in [2.75, 3.05) is 26.2 Å². The van der Waals surface area contributed by atoms with E-state index in [1.54, 1.807) is 0 Å². The largest absolute Gasteiger partial charge is 0.401 e. The van der Waals surface area contributed by atoms with Crippen LogP contribution < -0.4 is 0 Å². The molecule has 0 bridgehead atoms. The van der Waals surface area contributed by atoms with E-state index in [0.717, 1.165) is 23.9 Å². The molecule has 2 heterocycles. The first-order valence-corrected chi connectivity index (χ1v) is 12.8. The van der Waals surface area contributed by atoms with Crippen molar-refractivity contribution in [2.24, 2.45) is 11.8 Å². The Morgan fingerprint density at radius 1 is 0.853 bits per heavy atom. The fourth-order valence-electron chi connectivity index (χ4n) is 5.32. The summed E-state index contributed by atoms with van der Waals surface area (Å²) in [5.41, 5.74) is 6.41. The lowest BCUT2D eigenvalue weighted by Gasteiger charge is -2.30. The molecule has 2 aliphatic heterocycles. The number of piperidine rings is 1. The van der Waals surface area contributed by atoms with Crippen molar-refractivity contribution in [2.45, 2.75) is 71.6 Å². The molecule has 5 rings (SSSR count). The number of hydrogen-bond acceptors (Lipinski definition) is 2. The molecule has 0 aromatic heterocycles. The zero-order valence-corrected chi connectivity index (χ0v) is 21.0. The summed E-state index contributed by atoms with van der Waals surface area (Å²) in [5.74, 6) is 3.15. The summed E-state index contributed by atoms with van der Waals surface area (Å²) in [5, 5.41) is 0. The van der Waals surface area contributed by atoms with Gasteiger partial charge in [0.1, 0.15) is 0 Å². The van der Waals surface area contributed by atoms with E-state index in [0.29, 0.717) is 31.3 Å². The predicted octanol–water partition coefficient (Wildman–Crippen LogP) is 6.99. The van der Waals surface area contributed by atoms with Crippen LogP contribution in [0.25, 0.3) is 0 Å². The van der Waals surface area contributed by atoms with E-state index in [-0.39, 0.29) is 0 Å². The van der Waals surface area contributed by atoms with Gasteiger partial charge in [0, 0.05) is 32.7 Å². The van der Waals surface area contributed by atoms with Gasteiger partial charge in [-0.2, -0.15) is 13.2 Å². The van der Waals surface area contributed by atoms with E-state index >= 15 is 0 Å². The van der Waals surface area contributed by atoms with Gasteiger partial charge in [-0.1, -0.05) is 70.2 Å². The van der Waals surface area contributed by atoms with E-state index < -0.39 is 12.7 Å². The van der Waals surface area contributed by atoms with Gasteiger partial charge in [-0.05, 0) is 64.3 Å². The molecule has 2 unspecified atom stereocenters. The molecule has 2 aromatic carbocycles. The molecule has 2 aromatic rings. The predicted molar refractivity (Wildman–Crippen MR) is 133 cm³/mol. The molecule has 1 saturated carbocycles. The molecule has 1 aliphatic carbocycles. The quantitative estimate of drug-likeness (QED) is 0.463. The highest BCUT2D eigenvalue weighted by Gasteiger charge is 2.44. The van der Waals surface area contributed by atoms with Crippen molar-refractivity contribution >= 4 is 0 Å². The summed E-state index contributed by atoms with van der Waals surface area (Å²) >= 11 is 0. The molecule has 0 amide bonds. The van der Waals surface area contributed by atoms with Crippen LogP contribution in [0.5, 0.6) is 0 Å². The summed E-state index contributed by atoms with van der Waals surface area (Å²) in [6.45, 7) is 12.7. The molecule has 186 valence electrons. The number of alkyl halides is 3. The molecule has 2 nitrogen and oxygen atoms in total. The van der Waals surface area contributed by atoms with Gasteiger partial charge < -0.3 is 0 Å². The van der Waals surface area contributed by atoms with Gasteiger partial charge in [0.2, 0.25) is 0 Å². The van der Waals surface area contributed by atoms with Gasteiger partial charge in [0.15, 0.2) is 0 Å². The van der Waals surface area contributed by atoms with Crippen molar-refractivity contribution in [1.82, 2.24) is 9.80 Å². The minimum atomic E-state index is -4.10. The molecular weight excluding hydrogens is 433 g/mol. The summed E-state index contributed by atoms with van der Waals surface area (Å²) in [7, 11) is 0. The van der Waals surface area contributed by atoms with Crippen LogP contribution >= 0.6 is 0 Å². The van der Waals surface area contributed by atoms with Crippen LogP contribution in [0.1, 0.15) is 73.8 Å². The molecule has 5 heteroatoms. The standard InChI is InChI=1S/C15H21N.C14H18F3N/c1-11(2)13-5-3-4-12(6-13)8-16-9-14-7-15(14)10-16;1-10(2)12-4-3-11-5-6-18(8-13(11)7-12)9-14(15,16)17/h3-6,11,14-15H,7-10H2,1-2H3;3-4,7,10H,5-6,8-9H2,1-2H3. The van der Waals surface area contributed by atoms with Gasteiger partial charge in [-0.15, -0.1) is 0 Å². The Kier molecular flexibility index (Phi) is 7.73. The van der Waals surface area contributed by atoms with Gasteiger partial charge in [0.05, 0.1) is 6.54 Å². The smallest absolute Gasteiger partial charge is 0.299 e. The Labute approximate surface area is 203 Å². The number of benzene rings is 2. The molecule has 1 saturated heterocycles. The van der Waals surface area contributed by atoms with Crippen LogP contribution in [0.3, 0.4) is 0 Å². The Hall–Kier alpha value is -1.85. The maximum absolute atomic E-state index is 12.4. The fourth-order valence-corrected chi connectivity index (χ4v) is 5.32. The maximum Gasteiger partial charge on any atom is 0.401 e. The zero-order valence-electron chi connectivity index (χ0n) is 21.0. The van der Waals surface area contributed by atoms with Crippen LogP contribution in [0.15, 0.2) is 42.5 Å². The van der Waals surface area contributed by atoms with Crippen molar-refractivity contribution in [3.8, 4) is 0 Å². The second-order valence-corrected chi connectivity index (χ2v) is 11.1. The second kappa shape index (κ2) is 10.4. The minimum absolute atomic E-state index is 0.410. The van der Waals surface area contributed by atoms with Crippen molar-refractivity contribution < 1.29 is 13.2 Å². The van der Waals surface area contributed by atoms with Gasteiger partial charge in [-0.3, -0.25) is 9.80 Å². The molecule has 0 radical (unpaired) electrons. The molecule has 3 aliphatic rings. The van der Waals surface area contributed by atoms with E-state index in [2.05, 4.69) is 75.1 Å². The first-order chi connectivity index (χ1) is 16.1. The average Bonchev–Trinajstić information content (AvgIpc) is 3.38. The summed E-state index contributed by atoms with van der Waals surface area (Å²) in [4.78, 5) is 4.10. The normalized spacial score (nSPS) is 22.4. The lowest BCUT2D eigenvalue weighted by atomic mass is 9.93. The van der Waals surface area contributed by atoms with Gasteiger partial charge in [-0.25, -0.2) is 0 Å². The van der Waals surface area contributed by atoms with Crippen LogP contribution in [0.4, 0.5) is 13.2 Å². The van der Waals surface area contributed by atoms with Gasteiger partial charge in [0.25, 0.3) is 0 Å². The van der Waals surface area contributed by atoms with Crippen molar-refractivity contribution in [3.63, 3.8) is 0 Å². The van der Waals surface area contributed by atoms with Crippen LogP contribution in [-0.4, -0.2) is 42.2 Å². The van der Waals surface area contributed by atoms with Gasteiger partial charge >= 0.3 is 6.18 Å². The number of hydrogen-bond donors (Lipinski definition) is 0. The summed E-state index contributed by atoms with van der Waals surface area (Å²) in [6.07, 6.45) is -1.89. The fraction of sp³-hybridized carbons (Fsp3) is 0.586. The van der Waals surface area contributed by atoms with Crippen molar-refractivity contribution in [1.29, 1.82) is 0 Å². The number of rotatable bonds is 5. The van der Waals surface area contributed by atoms with Crippen LogP contribution in [0, 0.1) is 11.8 Å². The molecule has 0 spiro atoms. The number of nitrogens with zero attached hydrogens (tertiary/aromatic N) is 2. The average molecular weight is 473 g/mol. The number of fused-ring (bicyclic) bond motifs is 2. The Morgan fingerprint density at radius 3 is 2.18 bits per heavy atom. The van der Waals surface area contributed by atoms with E-state index in [9.17, 15) is 13.2 Å². The zero-order chi connectivity index (χ0) is 24.5. The third kappa shape index (κ3) is 6.85. The van der Waals surface area contributed by atoms with Crippen LogP contribution in [-0.2, 0) is 19.5 Å². The highest BCUT2D eigenvalue weighted by atomic mass is 19.4. The third-order valence-electron chi connectivity index (χ3n) is 7.47. The van der Waals surface area contributed by atoms with Crippen LogP contribution in [0.2, 0.25) is 0 Å². The SMILES string of the molecule is CC(C)c1ccc2c(c1)CN(CC(F)(F)F)CC2.CC(C)c1cccc(CN2CC3CC3C2)c1. The Bertz CT molecular complexity index is 956. The first kappa shape index (κ1) is 25.2. The topological polar surface area (TPSA) is 6.48 Å². The Morgan fingerprint density at radius 2 is 1.53 bits per heavy atom. The Balaban J connectivity index is 0.000000162. The monoisotopic (exact) mass is 472 g/mol. The minimum Gasteiger partial charge on any atom is -0.299 e. The molecule has 0 N–H and O–H groups in total. The van der Waals surface area contributed by atoms with Crippen molar-refractivity contribution in [3.05, 3.63) is 70.3 Å². The number of halogens is 3. The van der Waals surface area contributed by atoms with E-state index in [4.69, 9.17) is 0 Å². The molecular formula is C29H39F3N2.